The number of rotatable bonds is 2. The second-order valence-electron chi connectivity index (χ2n) is 6.82. The SMILES string of the molecule is Cn1nc(C(C)(C)C)c(Br)c1-c1nn2c(C3CC3)nnc2s1. The summed E-state index contributed by atoms with van der Waals surface area (Å²) in [4.78, 5) is 0.849. The van der Waals surface area contributed by atoms with E-state index in [4.69, 9.17) is 5.10 Å². The fraction of sp³-hybridized carbons (Fsp3) is 0.571. The van der Waals surface area contributed by atoms with Crippen molar-refractivity contribution < 1.29 is 0 Å². The molecule has 0 radical (unpaired) electrons. The number of aromatic nitrogens is 6. The van der Waals surface area contributed by atoms with Crippen LogP contribution in [0.5, 0.6) is 0 Å². The maximum absolute atomic E-state index is 4.74. The lowest BCUT2D eigenvalue weighted by Crippen LogP contribution is -2.13. The summed E-state index contributed by atoms with van der Waals surface area (Å²) in [6, 6.07) is 0. The van der Waals surface area contributed by atoms with E-state index < -0.39 is 0 Å². The van der Waals surface area contributed by atoms with E-state index in [0.29, 0.717) is 5.92 Å². The van der Waals surface area contributed by atoms with Crippen LogP contribution in [0.15, 0.2) is 4.47 Å². The van der Waals surface area contributed by atoms with Crippen molar-refractivity contribution in [2.75, 3.05) is 0 Å². The average Bonchev–Trinajstić information content (AvgIpc) is 2.93. The van der Waals surface area contributed by atoms with Crippen molar-refractivity contribution in [2.45, 2.75) is 44.9 Å². The molecule has 0 aliphatic heterocycles. The fourth-order valence-electron chi connectivity index (χ4n) is 2.53. The van der Waals surface area contributed by atoms with Gasteiger partial charge >= 0.3 is 0 Å². The molecule has 3 aromatic rings. The van der Waals surface area contributed by atoms with Gasteiger partial charge in [-0.1, -0.05) is 32.1 Å². The minimum atomic E-state index is -0.0209. The minimum Gasteiger partial charge on any atom is -0.264 e. The summed E-state index contributed by atoms with van der Waals surface area (Å²) in [7, 11) is 1.96. The van der Waals surface area contributed by atoms with Crippen LogP contribution in [0.1, 0.15) is 51.0 Å². The Balaban J connectivity index is 1.87. The first kappa shape index (κ1) is 14.3. The Kier molecular flexibility index (Phi) is 3.00. The molecule has 22 heavy (non-hydrogen) atoms. The standard InChI is InChI=1S/C14H17BrN6S/c1-14(2,3)10-8(15)9(20(4)18-10)12-19-21-11(7-5-6-7)16-17-13(21)22-12/h7H,5-6H2,1-4H3. The molecule has 6 nitrogen and oxygen atoms in total. The predicted octanol–water partition coefficient (Wildman–Crippen LogP) is 3.52. The first-order valence-corrected chi connectivity index (χ1v) is 8.92. The van der Waals surface area contributed by atoms with Gasteiger partial charge in [-0.25, -0.2) is 0 Å². The van der Waals surface area contributed by atoms with Crippen LogP contribution in [0, 0.1) is 0 Å². The summed E-state index contributed by atoms with van der Waals surface area (Å²) in [5.41, 5.74) is 2.02. The summed E-state index contributed by atoms with van der Waals surface area (Å²) in [6.07, 6.45) is 2.38. The first-order valence-electron chi connectivity index (χ1n) is 7.31. The van der Waals surface area contributed by atoms with E-state index in [2.05, 4.69) is 52.0 Å². The molecular formula is C14H17BrN6S. The Morgan fingerprint density at radius 2 is 1.91 bits per heavy atom. The van der Waals surface area contributed by atoms with E-state index in [9.17, 15) is 0 Å². The van der Waals surface area contributed by atoms with Crippen LogP contribution in [0.2, 0.25) is 0 Å². The smallest absolute Gasteiger partial charge is 0.235 e. The zero-order chi connectivity index (χ0) is 15.6. The molecule has 116 valence electrons. The highest BCUT2D eigenvalue weighted by Crippen LogP contribution is 2.41. The van der Waals surface area contributed by atoms with Crippen molar-refractivity contribution in [3.05, 3.63) is 16.0 Å². The number of halogens is 1. The molecule has 0 spiro atoms. The van der Waals surface area contributed by atoms with Crippen LogP contribution in [0.4, 0.5) is 0 Å². The number of aryl methyl sites for hydroxylation is 1. The molecule has 0 atom stereocenters. The molecular weight excluding hydrogens is 364 g/mol. The molecule has 0 N–H and O–H groups in total. The van der Waals surface area contributed by atoms with Gasteiger partial charge in [0.25, 0.3) is 0 Å². The van der Waals surface area contributed by atoms with Gasteiger partial charge in [0.05, 0.1) is 10.2 Å². The molecule has 8 heteroatoms. The topological polar surface area (TPSA) is 60.9 Å². The molecule has 0 bridgehead atoms. The van der Waals surface area contributed by atoms with Crippen LogP contribution in [0.3, 0.4) is 0 Å². The summed E-state index contributed by atoms with van der Waals surface area (Å²) in [6.45, 7) is 6.48. The van der Waals surface area contributed by atoms with Gasteiger partial charge in [0.2, 0.25) is 4.96 Å². The van der Waals surface area contributed by atoms with Crippen LogP contribution in [-0.2, 0) is 12.5 Å². The molecule has 0 amide bonds. The molecule has 0 saturated heterocycles. The van der Waals surface area contributed by atoms with Gasteiger partial charge in [-0.2, -0.15) is 14.7 Å². The fourth-order valence-corrected chi connectivity index (χ4v) is 4.71. The summed E-state index contributed by atoms with van der Waals surface area (Å²) in [5, 5.41) is 18.9. The maximum atomic E-state index is 4.74. The Morgan fingerprint density at radius 1 is 1.18 bits per heavy atom. The summed E-state index contributed by atoms with van der Waals surface area (Å²) in [5.74, 6) is 1.52. The van der Waals surface area contributed by atoms with Gasteiger partial charge < -0.3 is 0 Å². The normalized spacial score (nSPS) is 15.9. The first-order chi connectivity index (χ1) is 10.4. The van der Waals surface area contributed by atoms with Crippen molar-refractivity contribution in [1.82, 2.24) is 29.6 Å². The monoisotopic (exact) mass is 380 g/mol. The Bertz CT molecular complexity index is 864. The van der Waals surface area contributed by atoms with Gasteiger partial charge in [-0.15, -0.1) is 10.2 Å². The van der Waals surface area contributed by atoms with E-state index in [0.717, 1.165) is 31.7 Å². The van der Waals surface area contributed by atoms with Crippen molar-refractivity contribution in [3.63, 3.8) is 0 Å². The maximum Gasteiger partial charge on any atom is 0.235 e. The van der Waals surface area contributed by atoms with Gasteiger partial charge in [0.15, 0.2) is 10.8 Å². The van der Waals surface area contributed by atoms with Crippen LogP contribution in [0.25, 0.3) is 15.7 Å². The molecule has 1 aliphatic rings. The predicted molar refractivity (Wildman–Crippen MR) is 89.2 cm³/mol. The molecule has 1 fully saturated rings. The number of nitrogens with zero attached hydrogens (tertiary/aromatic N) is 6. The third-order valence-electron chi connectivity index (χ3n) is 3.86. The van der Waals surface area contributed by atoms with Gasteiger partial charge in [0.1, 0.15) is 5.69 Å². The Hall–Kier alpha value is -1.28. The molecule has 4 rings (SSSR count). The second-order valence-corrected chi connectivity index (χ2v) is 8.57. The van der Waals surface area contributed by atoms with Crippen molar-refractivity contribution in [2.24, 2.45) is 7.05 Å². The zero-order valence-corrected chi connectivity index (χ0v) is 15.4. The number of hydrogen-bond donors (Lipinski definition) is 0. The minimum absolute atomic E-state index is 0.0209. The zero-order valence-electron chi connectivity index (χ0n) is 13.0. The molecule has 3 aromatic heterocycles. The van der Waals surface area contributed by atoms with E-state index in [1.807, 2.05) is 16.2 Å². The van der Waals surface area contributed by atoms with Crippen LogP contribution < -0.4 is 0 Å². The van der Waals surface area contributed by atoms with E-state index in [1.54, 1.807) is 11.3 Å². The highest BCUT2D eigenvalue weighted by molar-refractivity contribution is 9.10. The Labute approximate surface area is 140 Å². The van der Waals surface area contributed by atoms with Crippen molar-refractivity contribution >= 4 is 32.2 Å². The molecule has 0 unspecified atom stereocenters. The third-order valence-corrected chi connectivity index (χ3v) is 5.52. The number of hydrogen-bond acceptors (Lipinski definition) is 5. The molecule has 1 saturated carbocycles. The van der Waals surface area contributed by atoms with Gasteiger partial charge in [-0.3, -0.25) is 4.68 Å². The lowest BCUT2D eigenvalue weighted by Gasteiger charge is -2.15. The molecule has 1 aliphatic carbocycles. The van der Waals surface area contributed by atoms with E-state index in [1.165, 1.54) is 12.8 Å². The lowest BCUT2D eigenvalue weighted by molar-refractivity contribution is 0.551. The van der Waals surface area contributed by atoms with Crippen molar-refractivity contribution in [3.8, 4) is 10.7 Å². The summed E-state index contributed by atoms with van der Waals surface area (Å²) >= 11 is 5.27. The van der Waals surface area contributed by atoms with Crippen LogP contribution >= 0.6 is 27.3 Å². The molecule has 3 heterocycles. The highest BCUT2D eigenvalue weighted by atomic mass is 79.9. The van der Waals surface area contributed by atoms with Crippen LogP contribution in [-0.4, -0.2) is 29.6 Å². The quantitative estimate of drug-likeness (QED) is 0.682. The van der Waals surface area contributed by atoms with E-state index in [-0.39, 0.29) is 5.41 Å². The highest BCUT2D eigenvalue weighted by Gasteiger charge is 2.31. The largest absolute Gasteiger partial charge is 0.264 e. The Morgan fingerprint density at radius 3 is 2.50 bits per heavy atom. The van der Waals surface area contributed by atoms with Crippen molar-refractivity contribution in [1.29, 1.82) is 0 Å². The lowest BCUT2D eigenvalue weighted by atomic mass is 9.92. The van der Waals surface area contributed by atoms with E-state index >= 15 is 0 Å². The summed E-state index contributed by atoms with van der Waals surface area (Å²) < 4.78 is 4.81. The van der Waals surface area contributed by atoms with Gasteiger partial charge in [-0.05, 0) is 28.8 Å². The van der Waals surface area contributed by atoms with Gasteiger partial charge in [0, 0.05) is 18.4 Å². The third kappa shape index (κ3) is 2.11. The molecule has 0 aromatic carbocycles. The second kappa shape index (κ2) is 4.61. The number of fused-ring (bicyclic) bond motifs is 1. The average molecular weight is 381 g/mol.